The average Bonchev–Trinajstić information content (AvgIpc) is 2.44. The van der Waals surface area contributed by atoms with Crippen molar-refractivity contribution >= 4 is 5.69 Å². The van der Waals surface area contributed by atoms with Crippen LogP contribution in [0.3, 0.4) is 0 Å². The van der Waals surface area contributed by atoms with Crippen LogP contribution < -0.4 is 10.1 Å². The first-order valence-corrected chi connectivity index (χ1v) is 6.85. The van der Waals surface area contributed by atoms with E-state index in [9.17, 15) is 8.78 Å². The molecular formula is C17H19F2NO. The topological polar surface area (TPSA) is 21.3 Å². The lowest BCUT2D eigenvalue weighted by Gasteiger charge is -2.20. The van der Waals surface area contributed by atoms with E-state index in [1.165, 1.54) is 5.56 Å². The van der Waals surface area contributed by atoms with Crippen LogP contribution in [0.1, 0.15) is 29.7 Å². The maximum atomic E-state index is 12.5. The van der Waals surface area contributed by atoms with Gasteiger partial charge >= 0.3 is 6.61 Å². The fraction of sp³-hybridized carbons (Fsp3) is 0.294. The minimum Gasteiger partial charge on any atom is -0.434 e. The third-order valence-electron chi connectivity index (χ3n) is 3.58. The number of anilines is 1. The predicted octanol–water partition coefficient (Wildman–Crippen LogP) is 5.08. The molecule has 0 spiro atoms. The van der Waals surface area contributed by atoms with E-state index in [-0.39, 0.29) is 11.8 Å². The molecule has 1 unspecified atom stereocenters. The van der Waals surface area contributed by atoms with Crippen molar-refractivity contribution in [3.63, 3.8) is 0 Å². The number of aryl methyl sites for hydroxylation is 1. The maximum absolute atomic E-state index is 12.5. The van der Waals surface area contributed by atoms with Gasteiger partial charge in [-0.25, -0.2) is 0 Å². The Morgan fingerprint density at radius 1 is 1.00 bits per heavy atom. The summed E-state index contributed by atoms with van der Waals surface area (Å²) in [4.78, 5) is 0. The summed E-state index contributed by atoms with van der Waals surface area (Å²) < 4.78 is 29.5. The number of rotatable bonds is 5. The van der Waals surface area contributed by atoms with E-state index in [2.05, 4.69) is 10.1 Å². The second-order valence-corrected chi connectivity index (χ2v) is 5.03. The minimum atomic E-state index is -2.82. The summed E-state index contributed by atoms with van der Waals surface area (Å²) in [6, 6.07) is 12.7. The lowest BCUT2D eigenvalue weighted by molar-refractivity contribution is -0.0505. The fourth-order valence-electron chi connectivity index (χ4n) is 2.26. The van der Waals surface area contributed by atoms with Crippen molar-refractivity contribution < 1.29 is 13.5 Å². The summed E-state index contributed by atoms with van der Waals surface area (Å²) in [6.07, 6.45) is 0. The summed E-state index contributed by atoms with van der Waals surface area (Å²) in [6.45, 7) is 3.18. The van der Waals surface area contributed by atoms with Gasteiger partial charge in [-0.1, -0.05) is 30.3 Å². The Morgan fingerprint density at radius 3 is 2.43 bits per heavy atom. The zero-order valence-electron chi connectivity index (χ0n) is 12.4. The van der Waals surface area contributed by atoms with Gasteiger partial charge in [0.05, 0.1) is 6.04 Å². The zero-order valence-corrected chi connectivity index (χ0v) is 12.4. The molecule has 1 atom stereocenters. The first-order chi connectivity index (χ1) is 9.99. The molecule has 0 saturated heterocycles. The standard InChI is InChI=1S/C17H19F2NO/c1-11-7-6-9-15(12(11)2)20-13(3)14-8-4-5-10-16(14)21-17(18)19/h4-10,13,17,20H,1-3H3. The zero-order chi connectivity index (χ0) is 15.4. The number of benzene rings is 2. The van der Waals surface area contributed by atoms with Gasteiger partial charge in [0, 0.05) is 11.3 Å². The molecule has 2 nitrogen and oxygen atoms in total. The summed E-state index contributed by atoms with van der Waals surface area (Å²) in [5.41, 5.74) is 4.04. The highest BCUT2D eigenvalue weighted by Crippen LogP contribution is 2.30. The molecule has 2 aromatic carbocycles. The van der Waals surface area contributed by atoms with Crippen LogP contribution in [-0.4, -0.2) is 6.61 Å². The van der Waals surface area contributed by atoms with E-state index in [1.54, 1.807) is 18.2 Å². The van der Waals surface area contributed by atoms with Crippen LogP contribution in [0.25, 0.3) is 0 Å². The van der Waals surface area contributed by atoms with E-state index in [0.29, 0.717) is 5.56 Å². The molecule has 4 heteroatoms. The number of nitrogens with one attached hydrogen (secondary N) is 1. The number of halogens is 2. The third-order valence-corrected chi connectivity index (χ3v) is 3.58. The van der Waals surface area contributed by atoms with E-state index in [4.69, 9.17) is 0 Å². The fourth-order valence-corrected chi connectivity index (χ4v) is 2.26. The minimum absolute atomic E-state index is 0.138. The van der Waals surface area contributed by atoms with Crippen molar-refractivity contribution in [1.29, 1.82) is 0 Å². The number of ether oxygens (including phenoxy) is 1. The van der Waals surface area contributed by atoms with Gasteiger partial charge in [-0.3, -0.25) is 0 Å². The molecule has 0 amide bonds. The Hall–Kier alpha value is -2.10. The number of para-hydroxylation sites is 1. The molecule has 2 rings (SSSR count). The summed E-state index contributed by atoms with van der Waals surface area (Å²) >= 11 is 0. The first kappa shape index (κ1) is 15.3. The van der Waals surface area contributed by atoms with Crippen molar-refractivity contribution in [2.75, 3.05) is 5.32 Å². The first-order valence-electron chi connectivity index (χ1n) is 6.85. The highest BCUT2D eigenvalue weighted by molar-refractivity contribution is 5.55. The molecule has 1 N–H and O–H groups in total. The van der Waals surface area contributed by atoms with Gasteiger partial charge in [0.25, 0.3) is 0 Å². The summed E-state index contributed by atoms with van der Waals surface area (Å²) in [7, 11) is 0. The Labute approximate surface area is 123 Å². The van der Waals surface area contributed by atoms with Crippen LogP contribution in [0, 0.1) is 13.8 Å². The lowest BCUT2D eigenvalue weighted by Crippen LogP contribution is -2.11. The van der Waals surface area contributed by atoms with Gasteiger partial charge in [-0.15, -0.1) is 0 Å². The van der Waals surface area contributed by atoms with E-state index in [0.717, 1.165) is 11.3 Å². The Bertz CT molecular complexity index is 613. The highest BCUT2D eigenvalue weighted by atomic mass is 19.3. The monoisotopic (exact) mass is 291 g/mol. The number of hydrogen-bond donors (Lipinski definition) is 1. The molecule has 112 valence electrons. The van der Waals surface area contributed by atoms with Crippen molar-refractivity contribution in [1.82, 2.24) is 0 Å². The van der Waals surface area contributed by atoms with Gasteiger partial charge < -0.3 is 10.1 Å². The van der Waals surface area contributed by atoms with Gasteiger partial charge in [0.2, 0.25) is 0 Å². The smallest absolute Gasteiger partial charge is 0.387 e. The number of hydrogen-bond acceptors (Lipinski definition) is 2. The van der Waals surface area contributed by atoms with E-state index < -0.39 is 6.61 Å². The predicted molar refractivity (Wildman–Crippen MR) is 81.0 cm³/mol. The van der Waals surface area contributed by atoms with Crippen LogP contribution in [0.5, 0.6) is 5.75 Å². The highest BCUT2D eigenvalue weighted by Gasteiger charge is 2.15. The molecule has 0 bridgehead atoms. The Kier molecular flexibility index (Phi) is 4.78. The van der Waals surface area contributed by atoms with Crippen LogP contribution in [0.4, 0.5) is 14.5 Å². The second kappa shape index (κ2) is 6.57. The summed E-state index contributed by atoms with van der Waals surface area (Å²) in [5.74, 6) is 0.206. The van der Waals surface area contributed by atoms with Crippen molar-refractivity contribution in [2.24, 2.45) is 0 Å². The van der Waals surface area contributed by atoms with Gasteiger partial charge in [-0.2, -0.15) is 8.78 Å². The maximum Gasteiger partial charge on any atom is 0.387 e. The van der Waals surface area contributed by atoms with Crippen LogP contribution in [0.2, 0.25) is 0 Å². The van der Waals surface area contributed by atoms with Crippen molar-refractivity contribution in [3.05, 3.63) is 59.2 Å². The number of alkyl halides is 2. The quantitative estimate of drug-likeness (QED) is 0.829. The molecule has 0 aliphatic rings. The second-order valence-electron chi connectivity index (χ2n) is 5.03. The molecule has 0 saturated carbocycles. The molecule has 21 heavy (non-hydrogen) atoms. The Morgan fingerprint density at radius 2 is 1.71 bits per heavy atom. The molecular weight excluding hydrogens is 272 g/mol. The van der Waals surface area contributed by atoms with E-state index in [1.807, 2.05) is 45.0 Å². The lowest BCUT2D eigenvalue weighted by atomic mass is 10.0. The van der Waals surface area contributed by atoms with Crippen LogP contribution in [0.15, 0.2) is 42.5 Å². The SMILES string of the molecule is Cc1cccc(NC(C)c2ccccc2OC(F)F)c1C. The molecule has 0 aliphatic heterocycles. The molecule has 0 aliphatic carbocycles. The molecule has 0 aromatic heterocycles. The van der Waals surface area contributed by atoms with Gasteiger partial charge in [-0.05, 0) is 44.0 Å². The molecule has 0 fully saturated rings. The normalized spacial score (nSPS) is 12.3. The summed E-state index contributed by atoms with van der Waals surface area (Å²) in [5, 5.41) is 3.36. The molecule has 0 radical (unpaired) electrons. The van der Waals surface area contributed by atoms with Crippen molar-refractivity contribution in [2.45, 2.75) is 33.4 Å². The third kappa shape index (κ3) is 3.72. The van der Waals surface area contributed by atoms with E-state index >= 15 is 0 Å². The van der Waals surface area contributed by atoms with Crippen LogP contribution >= 0.6 is 0 Å². The van der Waals surface area contributed by atoms with Crippen molar-refractivity contribution in [3.8, 4) is 5.75 Å². The van der Waals surface area contributed by atoms with Gasteiger partial charge in [0.15, 0.2) is 0 Å². The largest absolute Gasteiger partial charge is 0.434 e. The Balaban J connectivity index is 2.24. The van der Waals surface area contributed by atoms with Crippen LogP contribution in [-0.2, 0) is 0 Å². The van der Waals surface area contributed by atoms with Gasteiger partial charge in [0.1, 0.15) is 5.75 Å². The molecule has 2 aromatic rings. The molecule has 0 heterocycles. The average molecular weight is 291 g/mol.